The number of rotatable bonds is 2. The predicted molar refractivity (Wildman–Crippen MR) is 50.6 cm³/mol. The van der Waals surface area contributed by atoms with E-state index < -0.39 is 0 Å². The first-order chi connectivity index (χ1) is 5.16. The molecule has 1 rings (SSSR count). The zero-order valence-electron chi connectivity index (χ0n) is 8.28. The van der Waals surface area contributed by atoms with E-state index >= 15 is 0 Å². The van der Waals surface area contributed by atoms with Gasteiger partial charge in [0.25, 0.3) is 0 Å². The Hall–Kier alpha value is -0.260. The highest BCUT2D eigenvalue weighted by molar-refractivity contribution is 5.22. The van der Waals surface area contributed by atoms with E-state index in [-0.39, 0.29) is 0 Å². The highest BCUT2D eigenvalue weighted by atomic mass is 14.3. The molecule has 0 aromatic carbocycles. The molecular weight excluding hydrogens is 132 g/mol. The van der Waals surface area contributed by atoms with Gasteiger partial charge in [-0.3, -0.25) is 0 Å². The number of allylic oxidation sites excluding steroid dienone is 2. The Morgan fingerprint density at radius 1 is 1.55 bits per heavy atom. The van der Waals surface area contributed by atoms with Crippen LogP contribution in [0, 0.1) is 11.8 Å². The molecule has 0 bridgehead atoms. The van der Waals surface area contributed by atoms with Gasteiger partial charge in [0.05, 0.1) is 0 Å². The van der Waals surface area contributed by atoms with Gasteiger partial charge in [-0.05, 0) is 38.0 Å². The molecule has 2 atom stereocenters. The zero-order valence-corrected chi connectivity index (χ0v) is 8.28. The molecule has 1 aliphatic rings. The fourth-order valence-electron chi connectivity index (χ4n) is 2.28. The molecule has 0 heteroatoms. The molecule has 0 aromatic heterocycles. The van der Waals surface area contributed by atoms with Crippen molar-refractivity contribution in [3.8, 4) is 0 Å². The SMILES string of the molecule is CCC(C)C1=C(C)CCC1C. The van der Waals surface area contributed by atoms with Crippen molar-refractivity contribution < 1.29 is 0 Å². The lowest BCUT2D eigenvalue weighted by molar-refractivity contribution is 0.550. The van der Waals surface area contributed by atoms with Gasteiger partial charge in [-0.15, -0.1) is 0 Å². The Balaban J connectivity index is 2.74. The Morgan fingerprint density at radius 3 is 2.55 bits per heavy atom. The van der Waals surface area contributed by atoms with Gasteiger partial charge in [0.15, 0.2) is 0 Å². The second-order valence-corrected chi connectivity index (χ2v) is 3.98. The summed E-state index contributed by atoms with van der Waals surface area (Å²) < 4.78 is 0. The minimum atomic E-state index is 0.826. The molecule has 0 heterocycles. The van der Waals surface area contributed by atoms with Crippen LogP contribution in [0.4, 0.5) is 0 Å². The van der Waals surface area contributed by atoms with E-state index in [0.717, 1.165) is 11.8 Å². The average Bonchev–Trinajstić information content (AvgIpc) is 2.30. The molecule has 0 saturated carbocycles. The monoisotopic (exact) mass is 152 g/mol. The van der Waals surface area contributed by atoms with E-state index in [1.807, 2.05) is 0 Å². The molecule has 2 unspecified atom stereocenters. The summed E-state index contributed by atoms with van der Waals surface area (Å²) in [6, 6.07) is 0. The maximum absolute atomic E-state index is 2.37. The third-order valence-corrected chi connectivity index (χ3v) is 3.12. The van der Waals surface area contributed by atoms with E-state index in [1.165, 1.54) is 19.3 Å². The number of hydrogen-bond acceptors (Lipinski definition) is 0. The second-order valence-electron chi connectivity index (χ2n) is 3.98. The van der Waals surface area contributed by atoms with Gasteiger partial charge in [-0.2, -0.15) is 0 Å². The lowest BCUT2D eigenvalue weighted by Gasteiger charge is -2.16. The van der Waals surface area contributed by atoms with E-state index in [1.54, 1.807) is 11.1 Å². The van der Waals surface area contributed by atoms with Crippen molar-refractivity contribution in [3.05, 3.63) is 11.1 Å². The van der Waals surface area contributed by atoms with Crippen molar-refractivity contribution in [2.45, 2.75) is 47.0 Å². The first-order valence-corrected chi connectivity index (χ1v) is 4.86. The molecule has 0 aliphatic heterocycles. The Kier molecular flexibility index (Phi) is 2.75. The average molecular weight is 152 g/mol. The molecule has 0 fully saturated rings. The van der Waals surface area contributed by atoms with Crippen LogP contribution in [0.1, 0.15) is 47.0 Å². The quantitative estimate of drug-likeness (QED) is 0.528. The smallest absolute Gasteiger partial charge is 0.0223 e. The van der Waals surface area contributed by atoms with E-state index in [2.05, 4.69) is 27.7 Å². The maximum atomic E-state index is 2.37. The Bertz CT molecular complexity index is 165. The third kappa shape index (κ3) is 1.66. The summed E-state index contributed by atoms with van der Waals surface area (Å²) >= 11 is 0. The first kappa shape index (κ1) is 8.83. The molecule has 11 heavy (non-hydrogen) atoms. The van der Waals surface area contributed by atoms with Crippen LogP contribution in [-0.4, -0.2) is 0 Å². The van der Waals surface area contributed by atoms with Crippen LogP contribution in [0.15, 0.2) is 11.1 Å². The van der Waals surface area contributed by atoms with Gasteiger partial charge >= 0.3 is 0 Å². The summed E-state index contributed by atoms with van der Waals surface area (Å²) in [5.41, 5.74) is 3.43. The predicted octanol–water partition coefficient (Wildman–Crippen LogP) is 3.78. The van der Waals surface area contributed by atoms with Gasteiger partial charge in [0.2, 0.25) is 0 Å². The largest absolute Gasteiger partial charge is 0.0736 e. The molecule has 0 N–H and O–H groups in total. The summed E-state index contributed by atoms with van der Waals surface area (Å²) in [7, 11) is 0. The molecule has 64 valence electrons. The van der Waals surface area contributed by atoms with E-state index in [0.29, 0.717) is 0 Å². The molecule has 0 spiro atoms. The lowest BCUT2D eigenvalue weighted by atomic mass is 9.89. The van der Waals surface area contributed by atoms with Crippen LogP contribution in [0.3, 0.4) is 0 Å². The van der Waals surface area contributed by atoms with Crippen molar-refractivity contribution >= 4 is 0 Å². The van der Waals surface area contributed by atoms with Gasteiger partial charge < -0.3 is 0 Å². The highest BCUT2D eigenvalue weighted by Crippen LogP contribution is 2.36. The maximum Gasteiger partial charge on any atom is -0.0223 e. The van der Waals surface area contributed by atoms with Crippen LogP contribution in [0.25, 0.3) is 0 Å². The van der Waals surface area contributed by atoms with Crippen molar-refractivity contribution in [2.24, 2.45) is 11.8 Å². The van der Waals surface area contributed by atoms with E-state index in [4.69, 9.17) is 0 Å². The zero-order chi connectivity index (χ0) is 8.43. The van der Waals surface area contributed by atoms with Gasteiger partial charge in [0, 0.05) is 0 Å². The van der Waals surface area contributed by atoms with Crippen LogP contribution in [0.5, 0.6) is 0 Å². The fraction of sp³-hybridized carbons (Fsp3) is 0.818. The second kappa shape index (κ2) is 3.42. The minimum absolute atomic E-state index is 0.826. The summed E-state index contributed by atoms with van der Waals surface area (Å²) in [4.78, 5) is 0. The Morgan fingerprint density at radius 2 is 2.18 bits per heavy atom. The van der Waals surface area contributed by atoms with Crippen molar-refractivity contribution in [1.82, 2.24) is 0 Å². The lowest BCUT2D eigenvalue weighted by Crippen LogP contribution is -2.03. The van der Waals surface area contributed by atoms with Crippen LogP contribution >= 0.6 is 0 Å². The normalized spacial score (nSPS) is 27.8. The van der Waals surface area contributed by atoms with Gasteiger partial charge in [-0.25, -0.2) is 0 Å². The number of hydrogen-bond donors (Lipinski definition) is 0. The van der Waals surface area contributed by atoms with Crippen LogP contribution in [-0.2, 0) is 0 Å². The fourth-order valence-corrected chi connectivity index (χ4v) is 2.28. The standard InChI is InChI=1S/C11H20/c1-5-8(2)11-9(3)6-7-10(11)4/h8-9H,5-7H2,1-4H3. The van der Waals surface area contributed by atoms with Crippen molar-refractivity contribution in [3.63, 3.8) is 0 Å². The molecule has 0 nitrogen and oxygen atoms in total. The highest BCUT2D eigenvalue weighted by Gasteiger charge is 2.22. The third-order valence-electron chi connectivity index (χ3n) is 3.12. The topological polar surface area (TPSA) is 0 Å². The minimum Gasteiger partial charge on any atom is -0.0736 e. The molecule has 0 saturated heterocycles. The van der Waals surface area contributed by atoms with Crippen molar-refractivity contribution in [2.75, 3.05) is 0 Å². The molecular formula is C11H20. The van der Waals surface area contributed by atoms with Crippen LogP contribution < -0.4 is 0 Å². The molecule has 0 radical (unpaired) electrons. The van der Waals surface area contributed by atoms with E-state index in [9.17, 15) is 0 Å². The van der Waals surface area contributed by atoms with Gasteiger partial charge in [-0.1, -0.05) is 31.9 Å². The molecule has 1 aliphatic carbocycles. The summed E-state index contributed by atoms with van der Waals surface area (Å²) in [6.45, 7) is 9.33. The first-order valence-electron chi connectivity index (χ1n) is 4.86. The van der Waals surface area contributed by atoms with Crippen LogP contribution in [0.2, 0.25) is 0 Å². The van der Waals surface area contributed by atoms with Gasteiger partial charge in [0.1, 0.15) is 0 Å². The summed E-state index contributed by atoms with van der Waals surface area (Å²) in [5, 5.41) is 0. The summed E-state index contributed by atoms with van der Waals surface area (Å²) in [6.07, 6.45) is 4.04. The molecule has 0 aromatic rings. The summed E-state index contributed by atoms with van der Waals surface area (Å²) in [5.74, 6) is 1.69. The molecule has 0 amide bonds. The Labute approximate surface area is 70.7 Å². The van der Waals surface area contributed by atoms with Crippen molar-refractivity contribution in [1.29, 1.82) is 0 Å².